The lowest BCUT2D eigenvalue weighted by molar-refractivity contribution is -0.140. The minimum absolute atomic E-state index is 0.0219. The Labute approximate surface area is 113 Å². The van der Waals surface area contributed by atoms with Crippen LogP contribution in [0.5, 0.6) is 0 Å². The van der Waals surface area contributed by atoms with Gasteiger partial charge >= 0.3 is 12.1 Å². The third-order valence-electron chi connectivity index (χ3n) is 2.22. The smallest absolute Gasteiger partial charge is 0.434 e. The van der Waals surface area contributed by atoms with Gasteiger partial charge in [-0.05, 0) is 22.9 Å². The van der Waals surface area contributed by atoms with Gasteiger partial charge in [-0.25, -0.2) is 14.3 Å². The highest BCUT2D eigenvalue weighted by atomic mass is 79.9. The summed E-state index contributed by atoms with van der Waals surface area (Å²) in [6.45, 7) is 1.77. The molecule has 0 saturated carbocycles. The first kappa shape index (κ1) is 13.8. The number of aromatic nitrogens is 3. The second-order valence-electron chi connectivity index (χ2n) is 3.48. The molecule has 0 fully saturated rings. The molecule has 2 aromatic heterocycles. The Morgan fingerprint density at radius 1 is 1.53 bits per heavy atom. The zero-order chi connectivity index (χ0) is 14.2. The van der Waals surface area contributed by atoms with Crippen LogP contribution in [0.3, 0.4) is 0 Å². The van der Waals surface area contributed by atoms with Crippen molar-refractivity contribution in [2.75, 3.05) is 6.61 Å². The zero-order valence-electron chi connectivity index (χ0n) is 9.53. The van der Waals surface area contributed by atoms with E-state index in [1.807, 2.05) is 0 Å². The molecular formula is C10H7BrF3N3O2. The molecule has 2 heterocycles. The summed E-state index contributed by atoms with van der Waals surface area (Å²) in [4.78, 5) is 15.0. The average molecular weight is 338 g/mol. The maximum Gasteiger partial charge on any atom is 0.434 e. The summed E-state index contributed by atoms with van der Waals surface area (Å²) in [5, 5.41) is 3.70. The van der Waals surface area contributed by atoms with Crippen molar-refractivity contribution in [2.24, 2.45) is 0 Å². The van der Waals surface area contributed by atoms with Crippen LogP contribution in [-0.4, -0.2) is 27.2 Å². The minimum atomic E-state index is -4.57. The molecule has 0 radical (unpaired) electrons. The summed E-state index contributed by atoms with van der Waals surface area (Å²) in [6, 6.07) is 0. The first-order valence-electron chi connectivity index (χ1n) is 5.12. The Morgan fingerprint density at radius 2 is 2.21 bits per heavy atom. The fourth-order valence-corrected chi connectivity index (χ4v) is 1.93. The molecule has 0 atom stereocenters. The molecule has 0 aromatic carbocycles. The summed E-state index contributed by atoms with van der Waals surface area (Å²) in [5.74, 6) is -0.680. The molecule has 0 unspecified atom stereocenters. The fourth-order valence-electron chi connectivity index (χ4n) is 1.39. The summed E-state index contributed by atoms with van der Waals surface area (Å²) in [6.07, 6.45) is -2.71. The van der Waals surface area contributed by atoms with Gasteiger partial charge in [-0.2, -0.15) is 18.3 Å². The molecular weight excluding hydrogens is 331 g/mol. The van der Waals surface area contributed by atoms with Crippen molar-refractivity contribution in [3.05, 3.63) is 28.1 Å². The van der Waals surface area contributed by atoms with E-state index < -0.39 is 17.8 Å². The Hall–Kier alpha value is -1.64. The van der Waals surface area contributed by atoms with Gasteiger partial charge < -0.3 is 4.74 Å². The number of imidazole rings is 1. The Morgan fingerprint density at radius 3 is 2.79 bits per heavy atom. The molecule has 9 heteroatoms. The fraction of sp³-hybridized carbons (Fsp3) is 0.300. The van der Waals surface area contributed by atoms with Crippen molar-refractivity contribution < 1.29 is 22.7 Å². The number of esters is 1. The topological polar surface area (TPSA) is 56.5 Å². The number of alkyl halides is 3. The van der Waals surface area contributed by atoms with Crippen LogP contribution < -0.4 is 0 Å². The van der Waals surface area contributed by atoms with E-state index in [-0.39, 0.29) is 22.3 Å². The number of rotatable bonds is 2. The molecule has 102 valence electrons. The van der Waals surface area contributed by atoms with Crippen molar-refractivity contribution in [1.82, 2.24) is 14.6 Å². The number of halogens is 4. The lowest BCUT2D eigenvalue weighted by Crippen LogP contribution is -2.08. The van der Waals surface area contributed by atoms with Crippen LogP contribution in [0.4, 0.5) is 13.2 Å². The maximum absolute atomic E-state index is 12.5. The Bertz CT molecular complexity index is 639. The van der Waals surface area contributed by atoms with Crippen LogP contribution in [0, 0.1) is 0 Å². The highest BCUT2D eigenvalue weighted by Crippen LogP contribution is 2.30. The van der Waals surface area contributed by atoms with Crippen molar-refractivity contribution in [2.45, 2.75) is 13.1 Å². The summed E-state index contributed by atoms with van der Waals surface area (Å²) >= 11 is 3.04. The highest BCUT2D eigenvalue weighted by molar-refractivity contribution is 9.10. The summed E-state index contributed by atoms with van der Waals surface area (Å²) < 4.78 is 43.4. The third-order valence-corrected chi connectivity index (χ3v) is 3.00. The number of ether oxygens (including phenoxy) is 1. The number of hydrogen-bond acceptors (Lipinski definition) is 4. The maximum atomic E-state index is 12.5. The van der Waals surface area contributed by atoms with E-state index in [1.54, 1.807) is 6.92 Å². The monoisotopic (exact) mass is 337 g/mol. The first-order chi connectivity index (χ1) is 8.84. The van der Waals surface area contributed by atoms with E-state index >= 15 is 0 Å². The number of nitrogens with zero attached hydrogens (tertiary/aromatic N) is 3. The van der Waals surface area contributed by atoms with E-state index in [0.29, 0.717) is 0 Å². The van der Waals surface area contributed by atoms with Gasteiger partial charge in [-0.1, -0.05) is 0 Å². The number of carbonyl (C=O) groups excluding carboxylic acids is 1. The van der Waals surface area contributed by atoms with Crippen LogP contribution in [0.1, 0.15) is 23.0 Å². The van der Waals surface area contributed by atoms with E-state index in [4.69, 9.17) is 4.74 Å². The minimum Gasteiger partial charge on any atom is -0.462 e. The predicted molar refractivity (Wildman–Crippen MR) is 61.6 cm³/mol. The predicted octanol–water partition coefficient (Wildman–Crippen LogP) is 2.69. The highest BCUT2D eigenvalue weighted by Gasteiger charge is 2.34. The van der Waals surface area contributed by atoms with Gasteiger partial charge in [0.2, 0.25) is 0 Å². The first-order valence-corrected chi connectivity index (χ1v) is 5.92. The molecule has 0 amide bonds. The van der Waals surface area contributed by atoms with Crippen LogP contribution >= 0.6 is 15.9 Å². The molecule has 0 N–H and O–H groups in total. The van der Waals surface area contributed by atoms with Crippen molar-refractivity contribution in [3.63, 3.8) is 0 Å². The van der Waals surface area contributed by atoms with Crippen LogP contribution in [0.2, 0.25) is 0 Å². The van der Waals surface area contributed by atoms with Crippen LogP contribution in [0.15, 0.2) is 16.9 Å². The number of carbonyl (C=O) groups is 1. The van der Waals surface area contributed by atoms with E-state index in [9.17, 15) is 18.0 Å². The lowest BCUT2D eigenvalue weighted by atomic mass is 10.3. The Kier molecular flexibility index (Phi) is 3.48. The van der Waals surface area contributed by atoms with E-state index in [0.717, 1.165) is 16.9 Å². The van der Waals surface area contributed by atoms with Crippen LogP contribution in [0.25, 0.3) is 5.65 Å². The second-order valence-corrected chi connectivity index (χ2v) is 4.28. The summed E-state index contributed by atoms with van der Waals surface area (Å²) in [5.41, 5.74) is -1.16. The van der Waals surface area contributed by atoms with Crippen molar-refractivity contribution >= 4 is 27.5 Å². The van der Waals surface area contributed by atoms with E-state index in [1.165, 1.54) is 0 Å². The average Bonchev–Trinajstić information content (AvgIpc) is 2.74. The molecule has 0 spiro atoms. The van der Waals surface area contributed by atoms with Crippen LogP contribution in [-0.2, 0) is 10.9 Å². The molecule has 2 rings (SSSR count). The molecule has 0 saturated heterocycles. The zero-order valence-corrected chi connectivity index (χ0v) is 11.1. The largest absolute Gasteiger partial charge is 0.462 e. The van der Waals surface area contributed by atoms with Crippen molar-refractivity contribution in [1.29, 1.82) is 0 Å². The molecule has 0 aliphatic heterocycles. The third kappa shape index (κ3) is 2.55. The quantitative estimate of drug-likeness (QED) is 0.790. The molecule has 5 nitrogen and oxygen atoms in total. The SMILES string of the molecule is CCOC(=O)c1cnn2cc(C(F)(F)F)nc2c1Br. The molecule has 0 bridgehead atoms. The van der Waals surface area contributed by atoms with Gasteiger partial charge in [0, 0.05) is 0 Å². The van der Waals surface area contributed by atoms with Gasteiger partial charge in [0.1, 0.15) is 0 Å². The van der Waals surface area contributed by atoms with Gasteiger partial charge in [0.15, 0.2) is 11.3 Å². The second kappa shape index (κ2) is 4.80. The van der Waals surface area contributed by atoms with Gasteiger partial charge in [0.25, 0.3) is 0 Å². The van der Waals surface area contributed by atoms with E-state index in [2.05, 4.69) is 26.0 Å². The van der Waals surface area contributed by atoms with Crippen molar-refractivity contribution in [3.8, 4) is 0 Å². The molecule has 19 heavy (non-hydrogen) atoms. The number of hydrogen-bond donors (Lipinski definition) is 0. The standard InChI is InChI=1S/C10H7BrF3N3O2/c1-2-19-9(18)5-3-15-17-4-6(10(12,13)14)16-8(17)7(5)11/h3-4H,2H2,1H3. The van der Waals surface area contributed by atoms with Gasteiger partial charge in [0.05, 0.1) is 29.0 Å². The van der Waals surface area contributed by atoms with Gasteiger partial charge in [-0.15, -0.1) is 0 Å². The number of fused-ring (bicyclic) bond motifs is 1. The molecule has 0 aliphatic rings. The van der Waals surface area contributed by atoms with Gasteiger partial charge in [-0.3, -0.25) is 0 Å². The lowest BCUT2D eigenvalue weighted by Gasteiger charge is -2.04. The molecule has 0 aliphatic carbocycles. The normalized spacial score (nSPS) is 11.8. The summed E-state index contributed by atoms with van der Waals surface area (Å²) in [7, 11) is 0. The molecule has 2 aromatic rings. The Balaban J connectivity index is 2.56.